The molecule has 0 aliphatic heterocycles. The van der Waals surface area contributed by atoms with Gasteiger partial charge in [0.2, 0.25) is 5.91 Å². The third-order valence-corrected chi connectivity index (χ3v) is 5.29. The van der Waals surface area contributed by atoms with Gasteiger partial charge in [0.25, 0.3) is 0 Å². The summed E-state index contributed by atoms with van der Waals surface area (Å²) in [5.74, 6) is 0.663. The van der Waals surface area contributed by atoms with Gasteiger partial charge < -0.3 is 5.32 Å². The number of nitrogens with one attached hydrogen (secondary N) is 1. The summed E-state index contributed by atoms with van der Waals surface area (Å²) in [6, 6.07) is 15.1. The van der Waals surface area contributed by atoms with Crippen molar-refractivity contribution in [1.82, 2.24) is 20.2 Å². The predicted octanol–water partition coefficient (Wildman–Crippen LogP) is 3.59. The van der Waals surface area contributed by atoms with E-state index in [0.29, 0.717) is 10.8 Å². The number of hydrogen-bond acceptors (Lipinski definition) is 4. The second kappa shape index (κ2) is 6.53. The Morgan fingerprint density at radius 1 is 1.19 bits per heavy atom. The number of tetrazole rings is 1. The number of amides is 1. The maximum Gasteiger partial charge on any atom is 0.235 e. The minimum Gasteiger partial charge on any atom is -0.325 e. The van der Waals surface area contributed by atoms with Crippen molar-refractivity contribution in [3.63, 3.8) is 0 Å². The number of anilines is 1. The molecule has 1 aliphatic carbocycles. The SMILES string of the molecule is Cn1nnnc1-c1cccc(NC(=O)C2(c3ccc(Cl)cc3)CCC2)c1. The Bertz CT molecular complexity index is 947. The van der Waals surface area contributed by atoms with Gasteiger partial charge in [0.05, 0.1) is 5.41 Å². The van der Waals surface area contributed by atoms with Crippen LogP contribution < -0.4 is 5.32 Å². The number of aryl methyl sites for hydroxylation is 1. The molecule has 0 atom stereocenters. The van der Waals surface area contributed by atoms with Crippen molar-refractivity contribution in [2.75, 3.05) is 5.32 Å². The Labute approximate surface area is 156 Å². The van der Waals surface area contributed by atoms with Gasteiger partial charge in [-0.15, -0.1) is 5.10 Å². The molecular formula is C19H18ClN5O. The van der Waals surface area contributed by atoms with E-state index in [1.807, 2.05) is 48.5 Å². The highest BCUT2D eigenvalue weighted by molar-refractivity contribution is 6.30. The number of benzene rings is 2. The predicted molar refractivity (Wildman–Crippen MR) is 99.8 cm³/mol. The molecule has 1 aliphatic rings. The Morgan fingerprint density at radius 2 is 1.96 bits per heavy atom. The van der Waals surface area contributed by atoms with Crippen molar-refractivity contribution in [2.24, 2.45) is 7.05 Å². The zero-order valence-corrected chi connectivity index (χ0v) is 15.1. The van der Waals surface area contributed by atoms with Gasteiger partial charge in [-0.25, -0.2) is 4.68 Å². The average Bonchev–Trinajstić information content (AvgIpc) is 3.02. The van der Waals surface area contributed by atoms with E-state index < -0.39 is 5.41 Å². The molecule has 1 aromatic heterocycles. The second-order valence-corrected chi connectivity index (χ2v) is 7.04. The largest absolute Gasteiger partial charge is 0.325 e. The molecule has 1 heterocycles. The van der Waals surface area contributed by atoms with Crippen LogP contribution >= 0.6 is 11.6 Å². The van der Waals surface area contributed by atoms with Crippen molar-refractivity contribution in [1.29, 1.82) is 0 Å². The molecule has 0 bridgehead atoms. The fraction of sp³-hybridized carbons (Fsp3) is 0.263. The third-order valence-electron chi connectivity index (χ3n) is 5.04. The van der Waals surface area contributed by atoms with E-state index >= 15 is 0 Å². The number of hydrogen-bond donors (Lipinski definition) is 1. The van der Waals surface area contributed by atoms with Gasteiger partial charge >= 0.3 is 0 Å². The van der Waals surface area contributed by atoms with Crippen LogP contribution in [0.25, 0.3) is 11.4 Å². The van der Waals surface area contributed by atoms with Gasteiger partial charge in [-0.3, -0.25) is 4.79 Å². The third kappa shape index (κ3) is 2.86. The topological polar surface area (TPSA) is 72.7 Å². The summed E-state index contributed by atoms with van der Waals surface area (Å²) in [7, 11) is 1.78. The van der Waals surface area contributed by atoms with Crippen LogP contribution in [0.2, 0.25) is 5.02 Å². The van der Waals surface area contributed by atoms with Gasteiger partial charge in [-0.05, 0) is 53.1 Å². The van der Waals surface area contributed by atoms with Gasteiger partial charge in [0, 0.05) is 23.3 Å². The Kier molecular flexibility index (Phi) is 4.20. The van der Waals surface area contributed by atoms with E-state index in [9.17, 15) is 4.79 Å². The van der Waals surface area contributed by atoms with Gasteiger partial charge in [0.15, 0.2) is 5.82 Å². The lowest BCUT2D eigenvalue weighted by Gasteiger charge is -2.40. The van der Waals surface area contributed by atoms with Crippen molar-refractivity contribution in [3.05, 3.63) is 59.1 Å². The summed E-state index contributed by atoms with van der Waals surface area (Å²) in [5, 5.41) is 15.3. The molecule has 1 fully saturated rings. The summed E-state index contributed by atoms with van der Waals surface area (Å²) in [6.07, 6.45) is 2.72. The number of carbonyl (C=O) groups is 1. The summed E-state index contributed by atoms with van der Waals surface area (Å²) in [4.78, 5) is 13.1. The van der Waals surface area contributed by atoms with E-state index in [1.54, 1.807) is 11.7 Å². The molecule has 7 heteroatoms. The number of carbonyl (C=O) groups excluding carboxylic acids is 1. The van der Waals surface area contributed by atoms with Crippen molar-refractivity contribution in [2.45, 2.75) is 24.7 Å². The van der Waals surface area contributed by atoms with Crippen molar-refractivity contribution >= 4 is 23.2 Å². The lowest BCUT2D eigenvalue weighted by molar-refractivity contribution is -0.124. The molecule has 0 unspecified atom stereocenters. The molecular weight excluding hydrogens is 350 g/mol. The monoisotopic (exact) mass is 367 g/mol. The fourth-order valence-electron chi connectivity index (χ4n) is 3.41. The van der Waals surface area contributed by atoms with E-state index in [2.05, 4.69) is 20.8 Å². The molecule has 3 aromatic rings. The van der Waals surface area contributed by atoms with Crippen molar-refractivity contribution < 1.29 is 4.79 Å². The van der Waals surface area contributed by atoms with Crippen LogP contribution in [0.15, 0.2) is 48.5 Å². The summed E-state index contributed by atoms with van der Waals surface area (Å²) < 4.78 is 1.60. The van der Waals surface area contributed by atoms with Crippen LogP contribution in [-0.4, -0.2) is 26.1 Å². The van der Waals surface area contributed by atoms with Crippen LogP contribution in [0.4, 0.5) is 5.69 Å². The first-order valence-electron chi connectivity index (χ1n) is 8.49. The maximum absolute atomic E-state index is 13.1. The van der Waals surface area contributed by atoms with Gasteiger partial charge in [-0.1, -0.05) is 42.3 Å². The molecule has 1 saturated carbocycles. The Balaban J connectivity index is 1.60. The van der Waals surface area contributed by atoms with Gasteiger partial charge in [0.1, 0.15) is 0 Å². The molecule has 6 nitrogen and oxygen atoms in total. The van der Waals surface area contributed by atoms with Gasteiger partial charge in [-0.2, -0.15) is 0 Å². The minimum absolute atomic E-state index is 0.0133. The zero-order valence-electron chi connectivity index (χ0n) is 14.3. The van der Waals surface area contributed by atoms with Crippen molar-refractivity contribution in [3.8, 4) is 11.4 Å². The lowest BCUT2D eigenvalue weighted by atomic mass is 9.64. The minimum atomic E-state index is -0.479. The molecule has 132 valence electrons. The quantitative estimate of drug-likeness (QED) is 0.764. The fourth-order valence-corrected chi connectivity index (χ4v) is 3.53. The standard InChI is InChI=1S/C19H18ClN5O/c1-25-17(22-23-24-25)13-4-2-5-16(12-13)21-18(26)19(10-3-11-19)14-6-8-15(20)9-7-14/h2,4-9,12H,3,10-11H2,1H3,(H,21,26). The van der Waals surface area contributed by atoms with E-state index in [0.717, 1.165) is 36.1 Å². The normalized spacial score (nSPS) is 15.3. The highest BCUT2D eigenvalue weighted by Crippen LogP contribution is 2.45. The molecule has 4 rings (SSSR count). The first-order valence-corrected chi connectivity index (χ1v) is 8.87. The number of aromatic nitrogens is 4. The Morgan fingerprint density at radius 3 is 2.58 bits per heavy atom. The lowest BCUT2D eigenvalue weighted by Crippen LogP contribution is -2.46. The average molecular weight is 368 g/mol. The molecule has 0 spiro atoms. The van der Waals surface area contributed by atoms with Crippen LogP contribution in [-0.2, 0) is 17.3 Å². The first kappa shape index (κ1) is 16.7. The van der Waals surface area contributed by atoms with E-state index in [-0.39, 0.29) is 5.91 Å². The maximum atomic E-state index is 13.1. The summed E-state index contributed by atoms with van der Waals surface area (Å²) in [6.45, 7) is 0. The van der Waals surface area contributed by atoms with E-state index in [1.165, 1.54) is 0 Å². The first-order chi connectivity index (χ1) is 12.6. The number of rotatable bonds is 4. The smallest absolute Gasteiger partial charge is 0.235 e. The summed E-state index contributed by atoms with van der Waals surface area (Å²) in [5.41, 5.74) is 2.12. The van der Waals surface area contributed by atoms with E-state index in [4.69, 9.17) is 11.6 Å². The second-order valence-electron chi connectivity index (χ2n) is 6.60. The Hall–Kier alpha value is -2.73. The highest BCUT2D eigenvalue weighted by atomic mass is 35.5. The molecule has 2 aromatic carbocycles. The molecule has 1 amide bonds. The zero-order chi connectivity index (χ0) is 18.1. The van der Waals surface area contributed by atoms with Crippen LogP contribution in [0.1, 0.15) is 24.8 Å². The molecule has 0 radical (unpaired) electrons. The number of halogens is 1. The highest BCUT2D eigenvalue weighted by Gasteiger charge is 2.45. The molecule has 26 heavy (non-hydrogen) atoms. The van der Waals surface area contributed by atoms with Crippen LogP contribution in [0.3, 0.4) is 0 Å². The number of nitrogens with zero attached hydrogens (tertiary/aromatic N) is 4. The van der Waals surface area contributed by atoms with Crippen LogP contribution in [0.5, 0.6) is 0 Å². The summed E-state index contributed by atoms with van der Waals surface area (Å²) >= 11 is 5.99. The van der Waals surface area contributed by atoms with Crippen LogP contribution in [0, 0.1) is 0 Å². The molecule has 0 saturated heterocycles. The molecule has 1 N–H and O–H groups in total.